The zero-order chi connectivity index (χ0) is 23.9. The van der Waals surface area contributed by atoms with Crippen molar-refractivity contribution < 1.29 is 4.79 Å². The zero-order valence-electron chi connectivity index (χ0n) is 19.8. The Morgan fingerprint density at radius 2 is 1.65 bits per heavy atom. The summed E-state index contributed by atoms with van der Waals surface area (Å²) in [6, 6.07) is 19.9. The van der Waals surface area contributed by atoms with Gasteiger partial charge < -0.3 is 9.80 Å². The van der Waals surface area contributed by atoms with E-state index in [0.29, 0.717) is 37.8 Å². The molecule has 174 valence electrons. The van der Waals surface area contributed by atoms with Crippen LogP contribution >= 0.6 is 0 Å². The van der Waals surface area contributed by atoms with Crippen LogP contribution < -0.4 is 4.90 Å². The van der Waals surface area contributed by atoms with E-state index in [1.54, 1.807) is 23.5 Å². The molecule has 1 aliphatic rings. The first-order chi connectivity index (χ1) is 16.5. The number of anilines is 1. The number of aryl methyl sites for hydroxylation is 1. The van der Waals surface area contributed by atoms with Crippen LogP contribution in [0.4, 0.5) is 5.95 Å². The first-order valence-electron chi connectivity index (χ1n) is 11.4. The SMILES string of the molecule is C=C(c1cccc(C)c1)N(CC(=O)N1CCN(c2ncccn2)CC1)/N=C(\C)c1ccccc1. The number of carbonyl (C=O) groups is 1. The molecule has 2 aromatic carbocycles. The highest BCUT2D eigenvalue weighted by atomic mass is 16.2. The van der Waals surface area contributed by atoms with Crippen LogP contribution in [-0.4, -0.2) is 64.2 Å². The number of carbonyl (C=O) groups excluding carboxylic acids is 1. The van der Waals surface area contributed by atoms with Crippen molar-refractivity contribution in [3.63, 3.8) is 0 Å². The number of hydrazone groups is 1. The lowest BCUT2D eigenvalue weighted by Gasteiger charge is -2.35. The molecule has 0 N–H and O–H groups in total. The summed E-state index contributed by atoms with van der Waals surface area (Å²) in [5.74, 6) is 0.721. The largest absolute Gasteiger partial charge is 0.338 e. The van der Waals surface area contributed by atoms with Gasteiger partial charge in [-0.3, -0.25) is 9.80 Å². The van der Waals surface area contributed by atoms with E-state index in [9.17, 15) is 4.79 Å². The molecule has 1 aliphatic heterocycles. The second kappa shape index (κ2) is 10.7. The summed E-state index contributed by atoms with van der Waals surface area (Å²) in [5.41, 5.74) is 4.61. The summed E-state index contributed by atoms with van der Waals surface area (Å²) in [6.07, 6.45) is 3.48. The van der Waals surface area contributed by atoms with Gasteiger partial charge in [0.2, 0.25) is 11.9 Å². The second-order valence-electron chi connectivity index (χ2n) is 8.34. The van der Waals surface area contributed by atoms with Crippen LogP contribution in [0.3, 0.4) is 0 Å². The Kier molecular flexibility index (Phi) is 7.32. The second-order valence-corrected chi connectivity index (χ2v) is 8.34. The molecule has 0 spiro atoms. The van der Waals surface area contributed by atoms with Crippen LogP contribution in [0, 0.1) is 6.92 Å². The number of amides is 1. The van der Waals surface area contributed by atoms with Crippen LogP contribution in [-0.2, 0) is 4.79 Å². The Labute approximate surface area is 201 Å². The molecule has 3 aromatic rings. The molecule has 0 aliphatic carbocycles. The van der Waals surface area contributed by atoms with Gasteiger partial charge in [0.15, 0.2) is 0 Å². The van der Waals surface area contributed by atoms with Crippen molar-refractivity contribution in [3.05, 3.63) is 96.3 Å². The third-order valence-electron chi connectivity index (χ3n) is 5.88. The Morgan fingerprint density at radius 1 is 0.971 bits per heavy atom. The number of nitrogens with zero attached hydrogens (tertiary/aromatic N) is 6. The van der Waals surface area contributed by atoms with E-state index in [2.05, 4.69) is 27.5 Å². The van der Waals surface area contributed by atoms with E-state index in [0.717, 1.165) is 22.4 Å². The van der Waals surface area contributed by atoms with Crippen LogP contribution in [0.15, 0.2) is 84.7 Å². The van der Waals surface area contributed by atoms with Gasteiger partial charge in [-0.2, -0.15) is 5.10 Å². The van der Waals surface area contributed by atoms with E-state index in [4.69, 9.17) is 5.10 Å². The standard InChI is InChI=1S/C27H30N6O/c1-21-9-7-12-25(19-21)23(3)33(30-22(2)24-10-5-4-6-11-24)20-26(34)31-15-17-32(18-16-31)27-28-13-8-14-29-27/h4-14,19H,3,15-18,20H2,1-2H3/b30-22+. The Balaban J connectivity index is 1.50. The lowest BCUT2D eigenvalue weighted by molar-refractivity contribution is -0.132. The molecule has 7 nitrogen and oxygen atoms in total. The van der Waals surface area contributed by atoms with Crippen molar-refractivity contribution in [1.82, 2.24) is 19.9 Å². The fourth-order valence-electron chi connectivity index (χ4n) is 3.92. The Bertz CT molecular complexity index is 1150. The minimum Gasteiger partial charge on any atom is -0.338 e. The number of piperazine rings is 1. The van der Waals surface area contributed by atoms with E-state index in [1.807, 2.05) is 67.3 Å². The van der Waals surface area contributed by atoms with Crippen molar-refractivity contribution in [2.45, 2.75) is 13.8 Å². The maximum atomic E-state index is 13.3. The van der Waals surface area contributed by atoms with Gasteiger partial charge in [-0.25, -0.2) is 9.97 Å². The zero-order valence-corrected chi connectivity index (χ0v) is 19.8. The third kappa shape index (κ3) is 5.67. The van der Waals surface area contributed by atoms with Crippen molar-refractivity contribution in [1.29, 1.82) is 0 Å². The molecular weight excluding hydrogens is 424 g/mol. The van der Waals surface area contributed by atoms with Gasteiger partial charge in [0.05, 0.1) is 11.4 Å². The fraction of sp³-hybridized carbons (Fsp3) is 0.259. The Hall–Kier alpha value is -4.00. The van der Waals surface area contributed by atoms with Gasteiger partial charge in [-0.15, -0.1) is 0 Å². The predicted molar refractivity (Wildman–Crippen MR) is 136 cm³/mol. The summed E-state index contributed by atoms with van der Waals surface area (Å²) in [4.78, 5) is 25.9. The van der Waals surface area contributed by atoms with Crippen molar-refractivity contribution in [3.8, 4) is 0 Å². The molecule has 0 radical (unpaired) electrons. The van der Waals surface area contributed by atoms with Crippen molar-refractivity contribution in [2.75, 3.05) is 37.6 Å². The summed E-state index contributed by atoms with van der Waals surface area (Å²) in [5, 5.41) is 6.55. The van der Waals surface area contributed by atoms with Gasteiger partial charge in [-0.1, -0.05) is 60.7 Å². The number of rotatable bonds is 7. The molecule has 0 bridgehead atoms. The average molecular weight is 455 g/mol. The van der Waals surface area contributed by atoms with Crippen LogP contribution in [0.25, 0.3) is 5.70 Å². The first-order valence-corrected chi connectivity index (χ1v) is 11.4. The van der Waals surface area contributed by atoms with E-state index >= 15 is 0 Å². The van der Waals surface area contributed by atoms with E-state index < -0.39 is 0 Å². The molecule has 1 amide bonds. The molecule has 1 saturated heterocycles. The van der Waals surface area contributed by atoms with Crippen LogP contribution in [0.5, 0.6) is 0 Å². The molecule has 34 heavy (non-hydrogen) atoms. The summed E-state index contributed by atoms with van der Waals surface area (Å²) < 4.78 is 0. The van der Waals surface area contributed by atoms with Gasteiger partial charge in [0, 0.05) is 38.6 Å². The highest BCUT2D eigenvalue weighted by Gasteiger charge is 2.25. The third-order valence-corrected chi connectivity index (χ3v) is 5.88. The molecule has 0 saturated carbocycles. The van der Waals surface area contributed by atoms with Crippen LogP contribution in [0.2, 0.25) is 0 Å². The van der Waals surface area contributed by atoms with E-state index in [1.165, 1.54) is 0 Å². The van der Waals surface area contributed by atoms with Crippen molar-refractivity contribution >= 4 is 23.3 Å². The van der Waals surface area contributed by atoms with E-state index in [-0.39, 0.29) is 12.5 Å². The molecule has 0 unspecified atom stereocenters. The number of hydrogen-bond donors (Lipinski definition) is 0. The maximum Gasteiger partial charge on any atom is 0.244 e. The predicted octanol–water partition coefficient (Wildman–Crippen LogP) is 3.83. The molecule has 7 heteroatoms. The summed E-state index contributed by atoms with van der Waals surface area (Å²) in [6.45, 7) is 11.0. The highest BCUT2D eigenvalue weighted by molar-refractivity contribution is 5.99. The van der Waals surface area contributed by atoms with Gasteiger partial charge in [0.25, 0.3) is 0 Å². The first kappa shape index (κ1) is 23.2. The molecule has 1 fully saturated rings. The smallest absolute Gasteiger partial charge is 0.244 e. The minimum atomic E-state index is 0.0204. The highest BCUT2D eigenvalue weighted by Crippen LogP contribution is 2.20. The summed E-state index contributed by atoms with van der Waals surface area (Å²) in [7, 11) is 0. The molecular formula is C27H30N6O. The van der Waals surface area contributed by atoms with Gasteiger partial charge in [0.1, 0.15) is 6.54 Å². The average Bonchev–Trinajstić information content (AvgIpc) is 2.89. The van der Waals surface area contributed by atoms with Gasteiger partial charge in [-0.05, 0) is 37.1 Å². The minimum absolute atomic E-state index is 0.0204. The lowest BCUT2D eigenvalue weighted by atomic mass is 10.1. The summed E-state index contributed by atoms with van der Waals surface area (Å²) >= 11 is 0. The topological polar surface area (TPSA) is 64.9 Å². The van der Waals surface area contributed by atoms with Gasteiger partial charge >= 0.3 is 0 Å². The fourth-order valence-corrected chi connectivity index (χ4v) is 3.92. The number of aromatic nitrogens is 2. The molecule has 0 atom stereocenters. The molecule has 4 rings (SSSR count). The normalized spacial score (nSPS) is 14.1. The lowest BCUT2D eigenvalue weighted by Crippen LogP contribution is -2.51. The number of benzene rings is 2. The number of hydrogen-bond acceptors (Lipinski definition) is 6. The monoisotopic (exact) mass is 454 g/mol. The molecule has 2 heterocycles. The van der Waals surface area contributed by atoms with Crippen LogP contribution in [0.1, 0.15) is 23.6 Å². The quantitative estimate of drug-likeness (QED) is 0.401. The Morgan fingerprint density at radius 3 is 2.32 bits per heavy atom. The maximum absolute atomic E-state index is 13.3. The van der Waals surface area contributed by atoms with Crippen molar-refractivity contribution in [2.24, 2.45) is 5.10 Å². The molecule has 1 aromatic heterocycles.